The van der Waals surface area contributed by atoms with Crippen LogP contribution in [0, 0.1) is 0 Å². The van der Waals surface area contributed by atoms with Gasteiger partial charge in [0.15, 0.2) is 18.0 Å². The Hall–Kier alpha value is -3.38. The highest BCUT2D eigenvalue weighted by Crippen LogP contribution is 2.36. The van der Waals surface area contributed by atoms with E-state index in [-0.39, 0.29) is 19.6 Å². The third-order valence-corrected chi connectivity index (χ3v) is 6.66. The van der Waals surface area contributed by atoms with Crippen LogP contribution in [0.25, 0.3) is 0 Å². The van der Waals surface area contributed by atoms with Crippen LogP contribution < -0.4 is 0 Å². The van der Waals surface area contributed by atoms with Gasteiger partial charge in [-0.25, -0.2) is 0 Å². The van der Waals surface area contributed by atoms with Crippen molar-refractivity contribution < 1.29 is 52.7 Å². The maximum atomic E-state index is 12.9. The van der Waals surface area contributed by atoms with Crippen molar-refractivity contribution >= 4 is 23.7 Å². The van der Waals surface area contributed by atoms with Gasteiger partial charge >= 0.3 is 17.9 Å². The highest BCUT2D eigenvalue weighted by atomic mass is 16.6. The lowest BCUT2D eigenvalue weighted by Gasteiger charge is -2.34. The van der Waals surface area contributed by atoms with Crippen LogP contribution in [0.15, 0.2) is 55.1 Å². The first kappa shape index (κ1) is 32.1. The van der Waals surface area contributed by atoms with E-state index in [9.17, 15) is 24.3 Å². The molecule has 1 aromatic rings. The molecule has 8 atom stereocenters. The molecule has 3 rings (SSSR count). The molecule has 0 aromatic heterocycles. The topological polar surface area (TPSA) is 144 Å². The molecule has 1 fully saturated rings. The van der Waals surface area contributed by atoms with E-state index < -0.39 is 72.0 Å². The zero-order valence-electron chi connectivity index (χ0n) is 23.7. The first-order valence-corrected chi connectivity index (χ1v) is 13.4. The minimum atomic E-state index is -1.39. The minimum Gasteiger partial charge on any atom is -0.462 e. The Kier molecular flexibility index (Phi) is 11.4. The summed E-state index contributed by atoms with van der Waals surface area (Å²) in [7, 11) is 0. The Morgan fingerprint density at radius 2 is 1.80 bits per heavy atom. The van der Waals surface area contributed by atoms with Crippen molar-refractivity contribution in [2.24, 2.45) is 0 Å². The molecule has 224 valence electrons. The van der Waals surface area contributed by atoms with Crippen LogP contribution in [-0.4, -0.2) is 83.7 Å². The zero-order chi connectivity index (χ0) is 30.2. The number of hydrogen-bond donors (Lipinski definition) is 1. The summed E-state index contributed by atoms with van der Waals surface area (Å²) in [4.78, 5) is 48.5. The molecule has 11 nitrogen and oxygen atoms in total. The Labute approximate surface area is 239 Å². The van der Waals surface area contributed by atoms with Crippen molar-refractivity contribution in [1.82, 2.24) is 0 Å². The largest absolute Gasteiger partial charge is 0.462 e. The van der Waals surface area contributed by atoms with Crippen molar-refractivity contribution in [3.63, 3.8) is 0 Å². The van der Waals surface area contributed by atoms with Crippen LogP contribution in [0.1, 0.15) is 46.1 Å². The Morgan fingerprint density at radius 3 is 2.41 bits per heavy atom. The number of rotatable bonds is 13. The second-order valence-electron chi connectivity index (χ2n) is 10.4. The standard InChI is InChI=1S/C30H38O11/c1-6-10-22-13-14-23(34)26(39-22)29(38-19(3)32)28-25(35)27(36-16-21-11-8-7-9-12-21)24(40-28)15-30(5,41-20(4)33)17-37-18(2)31/h6-9,11-14,22,24-29,35H,1,10,15-17H2,2-5H3/t22-,24-,25?,26?,27?,28?,29-,30+/m1/s1. The van der Waals surface area contributed by atoms with E-state index in [1.165, 1.54) is 26.8 Å². The van der Waals surface area contributed by atoms with Gasteiger partial charge < -0.3 is 33.5 Å². The lowest BCUT2D eigenvalue weighted by molar-refractivity contribution is -0.187. The second kappa shape index (κ2) is 14.5. The zero-order valence-corrected chi connectivity index (χ0v) is 23.7. The first-order chi connectivity index (χ1) is 19.4. The Morgan fingerprint density at radius 1 is 1.10 bits per heavy atom. The highest BCUT2D eigenvalue weighted by Gasteiger charge is 2.54. The number of benzene rings is 1. The maximum Gasteiger partial charge on any atom is 0.303 e. The van der Waals surface area contributed by atoms with E-state index in [1.807, 2.05) is 30.3 Å². The molecule has 0 bridgehead atoms. The maximum absolute atomic E-state index is 12.9. The second-order valence-corrected chi connectivity index (χ2v) is 10.4. The van der Waals surface area contributed by atoms with E-state index in [0.717, 1.165) is 5.56 Å². The predicted octanol–water partition coefficient (Wildman–Crippen LogP) is 2.38. The van der Waals surface area contributed by atoms with E-state index in [4.69, 9.17) is 28.4 Å². The molecule has 1 N–H and O–H groups in total. The summed E-state index contributed by atoms with van der Waals surface area (Å²) >= 11 is 0. The van der Waals surface area contributed by atoms with Gasteiger partial charge in [0.25, 0.3) is 0 Å². The predicted molar refractivity (Wildman–Crippen MR) is 144 cm³/mol. The highest BCUT2D eigenvalue weighted by molar-refractivity contribution is 5.95. The van der Waals surface area contributed by atoms with E-state index in [1.54, 1.807) is 19.1 Å². The van der Waals surface area contributed by atoms with Gasteiger partial charge in [-0.2, -0.15) is 0 Å². The number of carbonyl (C=O) groups excluding carboxylic acids is 4. The molecule has 2 heterocycles. The summed E-state index contributed by atoms with van der Waals surface area (Å²) in [5.41, 5.74) is -0.527. The number of aliphatic hydroxyl groups is 1. The van der Waals surface area contributed by atoms with Crippen LogP contribution >= 0.6 is 0 Å². The van der Waals surface area contributed by atoms with Crippen molar-refractivity contribution in [1.29, 1.82) is 0 Å². The first-order valence-electron chi connectivity index (χ1n) is 13.4. The van der Waals surface area contributed by atoms with E-state index in [2.05, 4.69) is 6.58 Å². The normalized spacial score (nSPS) is 27.9. The molecule has 0 saturated carbocycles. The van der Waals surface area contributed by atoms with Crippen LogP contribution in [0.2, 0.25) is 0 Å². The molecule has 0 radical (unpaired) electrons. The summed E-state index contributed by atoms with van der Waals surface area (Å²) in [6, 6.07) is 9.23. The molecule has 0 aliphatic carbocycles. The van der Waals surface area contributed by atoms with Crippen LogP contribution in [-0.2, 0) is 54.2 Å². The Balaban J connectivity index is 1.94. The summed E-state index contributed by atoms with van der Waals surface area (Å²) in [6.07, 6.45) is -2.75. The fourth-order valence-electron chi connectivity index (χ4n) is 4.96. The quantitative estimate of drug-likeness (QED) is 0.211. The van der Waals surface area contributed by atoms with Crippen LogP contribution in [0.5, 0.6) is 0 Å². The van der Waals surface area contributed by atoms with E-state index in [0.29, 0.717) is 6.42 Å². The lowest BCUT2D eigenvalue weighted by Crippen LogP contribution is -2.52. The number of esters is 3. The number of carbonyl (C=O) groups is 4. The van der Waals surface area contributed by atoms with Gasteiger partial charge in [-0.15, -0.1) is 6.58 Å². The molecule has 1 aromatic carbocycles. The van der Waals surface area contributed by atoms with Crippen LogP contribution in [0.3, 0.4) is 0 Å². The smallest absolute Gasteiger partial charge is 0.303 e. The number of hydrogen-bond acceptors (Lipinski definition) is 11. The van der Waals surface area contributed by atoms with Gasteiger partial charge in [-0.1, -0.05) is 42.5 Å². The van der Waals surface area contributed by atoms with Crippen molar-refractivity contribution in [3.05, 3.63) is 60.7 Å². The summed E-state index contributed by atoms with van der Waals surface area (Å²) in [5.74, 6) is -2.36. The molecule has 0 amide bonds. The minimum absolute atomic E-state index is 0.0574. The van der Waals surface area contributed by atoms with Crippen molar-refractivity contribution in [2.75, 3.05) is 6.61 Å². The molecular formula is C30H38O11. The molecule has 41 heavy (non-hydrogen) atoms. The third kappa shape index (κ3) is 9.06. The van der Waals surface area contributed by atoms with Crippen molar-refractivity contribution in [3.8, 4) is 0 Å². The van der Waals surface area contributed by atoms with Gasteiger partial charge in [0.05, 0.1) is 18.8 Å². The average Bonchev–Trinajstić information content (AvgIpc) is 3.20. The van der Waals surface area contributed by atoms with Gasteiger partial charge in [0, 0.05) is 27.2 Å². The van der Waals surface area contributed by atoms with E-state index >= 15 is 0 Å². The summed E-state index contributed by atoms with van der Waals surface area (Å²) in [6.45, 7) is 8.71. The van der Waals surface area contributed by atoms with Gasteiger partial charge in [-0.3, -0.25) is 19.2 Å². The molecule has 2 aliphatic rings. The molecule has 4 unspecified atom stereocenters. The molecular weight excluding hydrogens is 536 g/mol. The Bertz CT molecular complexity index is 1120. The monoisotopic (exact) mass is 574 g/mol. The van der Waals surface area contributed by atoms with Gasteiger partial charge in [0.1, 0.15) is 30.5 Å². The number of aliphatic hydroxyl groups excluding tert-OH is 1. The molecule has 1 saturated heterocycles. The van der Waals surface area contributed by atoms with Crippen molar-refractivity contribution in [2.45, 2.75) is 95.5 Å². The molecule has 11 heteroatoms. The van der Waals surface area contributed by atoms with Gasteiger partial charge in [-0.05, 0) is 25.0 Å². The third-order valence-electron chi connectivity index (χ3n) is 6.66. The lowest BCUT2D eigenvalue weighted by atomic mass is 9.92. The summed E-state index contributed by atoms with van der Waals surface area (Å²) in [5, 5.41) is 11.5. The number of ether oxygens (including phenoxy) is 6. The SMILES string of the molecule is C=CC[C@@H]1C=CC(=O)C([C@@H](OC(C)=O)C2O[C@H](C[C@@](C)(COC(C)=O)OC(C)=O)C(OCc3ccccc3)C2O)O1. The average molecular weight is 575 g/mol. The molecule has 2 aliphatic heterocycles. The number of ketones is 1. The fourth-order valence-corrected chi connectivity index (χ4v) is 4.96. The van der Waals surface area contributed by atoms with Gasteiger partial charge in [0.2, 0.25) is 0 Å². The fraction of sp³-hybridized carbons (Fsp3) is 0.533. The van der Waals surface area contributed by atoms with Crippen LogP contribution in [0.4, 0.5) is 0 Å². The summed E-state index contributed by atoms with van der Waals surface area (Å²) < 4.78 is 34.5. The molecule has 0 spiro atoms.